The van der Waals surface area contributed by atoms with E-state index in [1.54, 1.807) is 6.92 Å². The van der Waals surface area contributed by atoms with Gasteiger partial charge in [0.15, 0.2) is 9.84 Å². The molecule has 0 radical (unpaired) electrons. The van der Waals surface area contributed by atoms with E-state index in [1.807, 2.05) is 0 Å². The van der Waals surface area contributed by atoms with Crippen molar-refractivity contribution in [3.63, 3.8) is 0 Å². The highest BCUT2D eigenvalue weighted by atomic mass is 32.2. The molecule has 1 aromatic rings. The molecule has 20 heavy (non-hydrogen) atoms. The van der Waals surface area contributed by atoms with Gasteiger partial charge in [-0.05, 0) is 43.9 Å². The van der Waals surface area contributed by atoms with E-state index in [2.05, 4.69) is 5.32 Å². The Morgan fingerprint density at radius 3 is 2.55 bits per heavy atom. The number of rotatable bonds is 4. The lowest BCUT2D eigenvalue weighted by atomic mass is 9.96. The molecular formula is C13H17FN2O3S. The molecule has 7 heteroatoms. The van der Waals surface area contributed by atoms with Gasteiger partial charge < -0.3 is 11.1 Å². The van der Waals surface area contributed by atoms with Crippen LogP contribution in [-0.2, 0) is 14.6 Å². The molecule has 1 atom stereocenters. The molecule has 110 valence electrons. The molecule has 1 aromatic carbocycles. The molecule has 0 aliphatic heterocycles. The predicted octanol–water partition coefficient (Wildman–Crippen LogP) is 1.30. The second-order valence-electron chi connectivity index (χ2n) is 5.42. The van der Waals surface area contributed by atoms with Crippen molar-refractivity contribution in [2.45, 2.75) is 30.2 Å². The first-order valence-corrected chi connectivity index (χ1v) is 8.11. The van der Waals surface area contributed by atoms with Crippen LogP contribution >= 0.6 is 0 Å². The molecule has 1 unspecified atom stereocenters. The van der Waals surface area contributed by atoms with Gasteiger partial charge >= 0.3 is 0 Å². The molecular weight excluding hydrogens is 283 g/mol. The summed E-state index contributed by atoms with van der Waals surface area (Å²) in [5, 5.41) is 2.38. The van der Waals surface area contributed by atoms with Crippen LogP contribution in [0.3, 0.4) is 0 Å². The van der Waals surface area contributed by atoms with Crippen LogP contribution in [0, 0.1) is 11.7 Å². The molecule has 1 fully saturated rings. The van der Waals surface area contributed by atoms with Gasteiger partial charge in [-0.2, -0.15) is 0 Å². The molecule has 1 saturated carbocycles. The third-order valence-electron chi connectivity index (χ3n) is 3.53. The van der Waals surface area contributed by atoms with Crippen LogP contribution in [-0.4, -0.2) is 26.1 Å². The highest BCUT2D eigenvalue weighted by molar-refractivity contribution is 7.90. The van der Waals surface area contributed by atoms with Gasteiger partial charge in [-0.3, -0.25) is 4.79 Å². The number of carbonyl (C=O) groups excluding carboxylic acids is 1. The van der Waals surface area contributed by atoms with Gasteiger partial charge in [0.2, 0.25) is 5.91 Å². The summed E-state index contributed by atoms with van der Waals surface area (Å²) in [5.74, 6) is -1.12. The Bertz CT molecular complexity index is 652. The number of sulfone groups is 1. The van der Waals surface area contributed by atoms with E-state index in [-0.39, 0.29) is 16.5 Å². The Morgan fingerprint density at radius 2 is 2.05 bits per heavy atom. The van der Waals surface area contributed by atoms with Crippen molar-refractivity contribution < 1.29 is 17.6 Å². The van der Waals surface area contributed by atoms with E-state index in [0.29, 0.717) is 0 Å². The van der Waals surface area contributed by atoms with E-state index in [1.165, 1.54) is 0 Å². The van der Waals surface area contributed by atoms with Gasteiger partial charge in [-0.25, -0.2) is 12.8 Å². The van der Waals surface area contributed by atoms with Crippen molar-refractivity contribution >= 4 is 21.4 Å². The largest absolute Gasteiger partial charge is 0.322 e. The van der Waals surface area contributed by atoms with E-state index >= 15 is 0 Å². The molecule has 1 aliphatic carbocycles. The van der Waals surface area contributed by atoms with Crippen molar-refractivity contribution in [3.8, 4) is 0 Å². The summed E-state index contributed by atoms with van der Waals surface area (Å²) in [5.41, 5.74) is 4.69. The van der Waals surface area contributed by atoms with Crippen molar-refractivity contribution in [2.24, 2.45) is 11.7 Å². The average Bonchev–Trinajstić information content (AvgIpc) is 3.14. The van der Waals surface area contributed by atoms with Gasteiger partial charge in [0.25, 0.3) is 0 Å². The zero-order valence-corrected chi connectivity index (χ0v) is 12.1. The van der Waals surface area contributed by atoms with Crippen molar-refractivity contribution in [1.29, 1.82) is 0 Å². The molecule has 0 saturated heterocycles. The zero-order chi connectivity index (χ0) is 15.1. The fourth-order valence-electron chi connectivity index (χ4n) is 1.96. The SMILES string of the molecule is CC(N)(C(=O)Nc1cc(S(C)(=O)=O)ccc1F)C1CC1. The van der Waals surface area contributed by atoms with Crippen LogP contribution in [0.4, 0.5) is 10.1 Å². The number of anilines is 1. The third kappa shape index (κ3) is 2.99. The maximum Gasteiger partial charge on any atom is 0.244 e. The van der Waals surface area contributed by atoms with Crippen LogP contribution in [0.5, 0.6) is 0 Å². The normalized spacial score (nSPS) is 18.4. The van der Waals surface area contributed by atoms with Gasteiger partial charge in [0.05, 0.1) is 16.1 Å². The first kappa shape index (κ1) is 14.9. The van der Waals surface area contributed by atoms with Crippen LogP contribution in [0.1, 0.15) is 19.8 Å². The number of benzene rings is 1. The minimum Gasteiger partial charge on any atom is -0.322 e. The zero-order valence-electron chi connectivity index (χ0n) is 11.3. The smallest absolute Gasteiger partial charge is 0.244 e. The van der Waals surface area contributed by atoms with Crippen LogP contribution in [0.25, 0.3) is 0 Å². The second kappa shape index (κ2) is 4.82. The van der Waals surface area contributed by atoms with E-state index in [0.717, 1.165) is 37.3 Å². The van der Waals surface area contributed by atoms with E-state index in [9.17, 15) is 17.6 Å². The topological polar surface area (TPSA) is 89.3 Å². The average molecular weight is 300 g/mol. The van der Waals surface area contributed by atoms with E-state index < -0.39 is 27.1 Å². The first-order valence-electron chi connectivity index (χ1n) is 6.22. The van der Waals surface area contributed by atoms with Crippen LogP contribution in [0.15, 0.2) is 23.1 Å². The predicted molar refractivity (Wildman–Crippen MR) is 73.5 cm³/mol. The fourth-order valence-corrected chi connectivity index (χ4v) is 2.60. The highest BCUT2D eigenvalue weighted by Crippen LogP contribution is 2.38. The van der Waals surface area contributed by atoms with Gasteiger partial charge in [-0.15, -0.1) is 0 Å². The maximum absolute atomic E-state index is 13.7. The molecule has 2 rings (SSSR count). The molecule has 1 aliphatic rings. The standard InChI is InChI=1S/C13H17FN2O3S/c1-13(15,8-3-4-8)12(17)16-11-7-9(20(2,18)19)5-6-10(11)14/h5-8H,3-4,15H2,1-2H3,(H,16,17). The summed E-state index contributed by atoms with van der Waals surface area (Å²) in [6.07, 6.45) is 2.75. The Hall–Kier alpha value is -1.47. The Labute approximate surface area is 117 Å². The fraction of sp³-hybridized carbons (Fsp3) is 0.462. The minimum atomic E-state index is -3.47. The lowest BCUT2D eigenvalue weighted by Gasteiger charge is -2.23. The summed E-state index contributed by atoms with van der Waals surface area (Å²) in [4.78, 5) is 12.0. The number of amides is 1. The summed E-state index contributed by atoms with van der Waals surface area (Å²) in [7, 11) is -3.47. The number of nitrogens with two attached hydrogens (primary N) is 1. The molecule has 0 bridgehead atoms. The third-order valence-corrected chi connectivity index (χ3v) is 4.64. The van der Waals surface area contributed by atoms with Crippen molar-refractivity contribution in [1.82, 2.24) is 0 Å². The maximum atomic E-state index is 13.7. The first-order chi connectivity index (χ1) is 9.12. The molecule has 3 N–H and O–H groups in total. The molecule has 5 nitrogen and oxygen atoms in total. The summed E-state index contributed by atoms with van der Waals surface area (Å²) in [6, 6.07) is 3.27. The Kier molecular flexibility index (Phi) is 3.60. The summed E-state index contributed by atoms with van der Waals surface area (Å²) >= 11 is 0. The summed E-state index contributed by atoms with van der Waals surface area (Å²) in [6.45, 7) is 1.60. The van der Waals surface area contributed by atoms with Gasteiger partial charge in [-0.1, -0.05) is 0 Å². The van der Waals surface area contributed by atoms with Crippen LogP contribution < -0.4 is 11.1 Å². The monoisotopic (exact) mass is 300 g/mol. The lowest BCUT2D eigenvalue weighted by molar-refractivity contribution is -0.121. The van der Waals surface area contributed by atoms with Gasteiger partial charge in [0.1, 0.15) is 5.82 Å². The Balaban J connectivity index is 2.27. The van der Waals surface area contributed by atoms with Crippen LogP contribution in [0.2, 0.25) is 0 Å². The van der Waals surface area contributed by atoms with Crippen molar-refractivity contribution in [3.05, 3.63) is 24.0 Å². The van der Waals surface area contributed by atoms with E-state index in [4.69, 9.17) is 5.73 Å². The summed E-state index contributed by atoms with van der Waals surface area (Å²) < 4.78 is 36.5. The molecule has 1 amide bonds. The lowest BCUT2D eigenvalue weighted by Crippen LogP contribution is -2.50. The number of halogens is 1. The quantitative estimate of drug-likeness (QED) is 0.820. The number of nitrogens with one attached hydrogen (secondary N) is 1. The highest BCUT2D eigenvalue weighted by Gasteiger charge is 2.44. The minimum absolute atomic E-state index is 0.0562. The second-order valence-corrected chi connectivity index (χ2v) is 7.44. The number of carbonyl (C=O) groups is 1. The van der Waals surface area contributed by atoms with Crippen molar-refractivity contribution in [2.75, 3.05) is 11.6 Å². The molecule has 0 aromatic heterocycles. The number of hydrogen-bond donors (Lipinski definition) is 2. The molecule has 0 spiro atoms. The molecule has 0 heterocycles. The van der Waals surface area contributed by atoms with Gasteiger partial charge in [0, 0.05) is 6.26 Å². The number of hydrogen-bond acceptors (Lipinski definition) is 4. The Morgan fingerprint density at radius 1 is 1.45 bits per heavy atom.